The number of rotatable bonds is 9. The Hall–Kier alpha value is -3.29. The number of hydrogen-bond acceptors (Lipinski definition) is 8. The first kappa shape index (κ1) is 31.9. The molecule has 0 saturated heterocycles. The van der Waals surface area contributed by atoms with Gasteiger partial charge in [-0.05, 0) is 87.7 Å². The number of hydrogen-bond donors (Lipinski definition) is 2. The first-order chi connectivity index (χ1) is 23.2. The Morgan fingerprint density at radius 3 is 2.38 bits per heavy atom. The van der Waals surface area contributed by atoms with Crippen molar-refractivity contribution >= 4 is 31.4 Å². The lowest BCUT2D eigenvalue weighted by Gasteiger charge is -2.39. The fourth-order valence-electron chi connectivity index (χ4n) is 8.62. The van der Waals surface area contributed by atoms with E-state index >= 15 is 0 Å². The molecule has 5 aliphatic rings. The molecule has 5 heterocycles. The zero-order valence-electron chi connectivity index (χ0n) is 27.1. The molecule has 0 amide bonds. The van der Waals surface area contributed by atoms with Crippen molar-refractivity contribution in [3.8, 4) is 11.5 Å². The van der Waals surface area contributed by atoms with Gasteiger partial charge >= 0.3 is 0 Å². The van der Waals surface area contributed by atoms with Gasteiger partial charge in [-0.3, -0.25) is 0 Å². The molecule has 0 aromatic heterocycles. The molecular formula is C36H42N4O6S2. The van der Waals surface area contributed by atoms with Gasteiger partial charge in [0.2, 0.25) is 15.4 Å². The lowest BCUT2D eigenvalue weighted by atomic mass is 9.82. The average Bonchev–Trinajstić information content (AvgIpc) is 3.07. The summed E-state index contributed by atoms with van der Waals surface area (Å²) in [6.07, 6.45) is 9.67. The maximum atomic E-state index is 13.3. The van der Waals surface area contributed by atoms with E-state index in [-0.39, 0.29) is 17.0 Å². The second kappa shape index (κ2) is 12.2. The van der Waals surface area contributed by atoms with E-state index in [2.05, 4.69) is 26.3 Å². The number of unbranched alkanes of at least 4 members (excludes halogenated alkanes) is 2. The van der Waals surface area contributed by atoms with E-state index in [1.54, 1.807) is 0 Å². The second-order valence-corrected chi connectivity index (χ2v) is 16.8. The van der Waals surface area contributed by atoms with Gasteiger partial charge in [0, 0.05) is 71.2 Å². The summed E-state index contributed by atoms with van der Waals surface area (Å²) in [6, 6.07) is 8.24. The molecule has 3 N–H and O–H groups in total. The predicted molar refractivity (Wildman–Crippen MR) is 183 cm³/mol. The Bertz CT molecular complexity index is 2190. The van der Waals surface area contributed by atoms with E-state index in [1.807, 2.05) is 0 Å². The minimum Gasteiger partial charge on any atom is -0.744 e. The highest BCUT2D eigenvalue weighted by Gasteiger charge is 2.36. The Morgan fingerprint density at radius 1 is 0.833 bits per heavy atom. The number of benzene rings is 3. The van der Waals surface area contributed by atoms with Crippen LogP contribution in [0.4, 0.5) is 5.69 Å². The van der Waals surface area contributed by atoms with Crippen LogP contribution < -0.4 is 35.2 Å². The van der Waals surface area contributed by atoms with Gasteiger partial charge in [0.15, 0.2) is 0 Å². The van der Waals surface area contributed by atoms with Gasteiger partial charge in [-0.1, -0.05) is 12.5 Å². The van der Waals surface area contributed by atoms with Crippen molar-refractivity contribution in [3.63, 3.8) is 0 Å². The van der Waals surface area contributed by atoms with Crippen LogP contribution in [-0.2, 0) is 45.8 Å². The molecule has 254 valence electrons. The molecule has 0 aliphatic carbocycles. The third kappa shape index (κ3) is 5.36. The summed E-state index contributed by atoms with van der Waals surface area (Å²) in [4.78, 5) is 1.66. The Labute approximate surface area is 282 Å². The van der Waals surface area contributed by atoms with E-state index in [0.717, 1.165) is 130 Å². The molecule has 0 bridgehead atoms. The molecule has 0 saturated carbocycles. The number of nitrogens with one attached hydrogen (secondary N) is 1. The number of nitrogens with zero attached hydrogens (tertiary/aromatic N) is 2. The van der Waals surface area contributed by atoms with Crippen molar-refractivity contribution in [1.82, 2.24) is 9.30 Å². The molecule has 12 heteroatoms. The van der Waals surface area contributed by atoms with Gasteiger partial charge < -0.3 is 19.9 Å². The van der Waals surface area contributed by atoms with E-state index in [9.17, 15) is 21.4 Å². The highest BCUT2D eigenvalue weighted by atomic mass is 32.2. The van der Waals surface area contributed by atoms with E-state index < -0.39 is 25.0 Å². The largest absolute Gasteiger partial charge is 0.744 e. The number of aryl methyl sites for hydroxylation is 2. The fraction of sp³-hybridized carbons (Fsp3) is 0.472. The van der Waals surface area contributed by atoms with Crippen molar-refractivity contribution in [2.24, 2.45) is 5.73 Å². The van der Waals surface area contributed by atoms with Crippen molar-refractivity contribution in [2.45, 2.75) is 80.4 Å². The summed E-state index contributed by atoms with van der Waals surface area (Å²) in [5, 5.41) is 2.01. The minimum absolute atomic E-state index is 0.189. The molecule has 3 aromatic rings. The van der Waals surface area contributed by atoms with Gasteiger partial charge in [-0.25, -0.2) is 26.1 Å². The number of anilines is 1. The zero-order valence-corrected chi connectivity index (χ0v) is 28.8. The summed E-state index contributed by atoms with van der Waals surface area (Å²) in [7, 11) is -9.17. The maximum Gasteiger partial charge on any atom is 0.240 e. The van der Waals surface area contributed by atoms with Crippen LogP contribution in [0.2, 0.25) is 0 Å². The number of nitrogens with two attached hydrogens (primary N) is 1. The van der Waals surface area contributed by atoms with Crippen LogP contribution in [0.1, 0.15) is 78.3 Å². The number of sulfonamides is 1. The molecule has 5 aliphatic heterocycles. The maximum absolute atomic E-state index is 13.3. The fourth-order valence-corrected chi connectivity index (χ4v) is 10.5. The van der Waals surface area contributed by atoms with E-state index in [1.165, 1.54) is 34.3 Å². The monoisotopic (exact) mass is 690 g/mol. The van der Waals surface area contributed by atoms with Gasteiger partial charge in [-0.15, -0.1) is 0 Å². The molecule has 10 nitrogen and oxygen atoms in total. The van der Waals surface area contributed by atoms with Crippen LogP contribution in [0.5, 0.6) is 11.5 Å². The highest BCUT2D eigenvalue weighted by Crippen LogP contribution is 2.49. The van der Waals surface area contributed by atoms with Crippen molar-refractivity contribution < 1.29 is 26.1 Å². The van der Waals surface area contributed by atoms with Crippen LogP contribution in [0.15, 0.2) is 40.1 Å². The molecule has 0 spiro atoms. The predicted octanol–water partition coefficient (Wildman–Crippen LogP) is 2.43. The molecular weight excluding hydrogens is 649 g/mol. The number of fused-ring (bicyclic) bond motifs is 4. The molecule has 3 aromatic carbocycles. The summed E-state index contributed by atoms with van der Waals surface area (Å²) in [5.41, 5.74) is 13.1. The summed E-state index contributed by atoms with van der Waals surface area (Å²) < 4.78 is 78.0. The van der Waals surface area contributed by atoms with Crippen molar-refractivity contribution in [3.05, 3.63) is 74.3 Å². The quantitative estimate of drug-likeness (QED) is 0.155. The summed E-state index contributed by atoms with van der Waals surface area (Å²) in [5.74, 6) is 1.47. The minimum atomic E-state index is -5.10. The van der Waals surface area contributed by atoms with E-state index in [0.29, 0.717) is 18.5 Å². The zero-order chi connectivity index (χ0) is 33.2. The third-order valence-corrected chi connectivity index (χ3v) is 13.0. The molecule has 0 atom stereocenters. The standard InChI is InChI=1S/C36H42N4O6S2/c37-14-2-1-3-15-38-47(41,42)25-12-13-26(31(22-25)48(43,44)45)32-29-20-23-8-4-16-39-18-6-10-27(33(23)39)35(29)46-36-28-11-7-19-40-17-5-9-24(34(28)40)21-30(32)36/h12-13,20-22,38H,1-11,14-19,37H2. The molecule has 8 rings (SSSR count). The third-order valence-electron chi connectivity index (χ3n) is 10.7. The Kier molecular flexibility index (Phi) is 8.15. The van der Waals surface area contributed by atoms with Gasteiger partial charge in [0.25, 0.3) is 0 Å². The SMILES string of the molecule is NCCCCCNS(=O)(=O)c1ccc(C2=c3cc4c5c(c3Oc3c2cc2c6c3CCCN6CCC2)CCC[N+]=5CCC4)c(S(=O)(=O)[O-])c1. The lowest BCUT2D eigenvalue weighted by Crippen LogP contribution is -2.45. The normalized spacial score (nSPS) is 18.1. The van der Waals surface area contributed by atoms with Crippen LogP contribution in [0.3, 0.4) is 0 Å². The van der Waals surface area contributed by atoms with Crippen LogP contribution in [0.25, 0.3) is 5.57 Å². The van der Waals surface area contributed by atoms with E-state index in [4.69, 9.17) is 10.5 Å². The highest BCUT2D eigenvalue weighted by molar-refractivity contribution is 7.89. The van der Waals surface area contributed by atoms with Crippen molar-refractivity contribution in [2.75, 3.05) is 44.2 Å². The molecule has 48 heavy (non-hydrogen) atoms. The smallest absolute Gasteiger partial charge is 0.240 e. The molecule has 0 radical (unpaired) electrons. The first-order valence-corrected chi connectivity index (χ1v) is 20.3. The summed E-state index contributed by atoms with van der Waals surface area (Å²) in [6.45, 7) is 4.70. The van der Waals surface area contributed by atoms with Gasteiger partial charge in [0.1, 0.15) is 34.7 Å². The number of ether oxygens (including phenoxy) is 1. The van der Waals surface area contributed by atoms with Gasteiger partial charge in [-0.2, -0.15) is 0 Å². The van der Waals surface area contributed by atoms with Gasteiger partial charge in [0.05, 0.1) is 15.4 Å². The Balaban J connectivity index is 1.40. The average molecular weight is 691 g/mol. The molecule has 0 fully saturated rings. The lowest BCUT2D eigenvalue weighted by molar-refractivity contribution is 0.431. The van der Waals surface area contributed by atoms with Crippen LogP contribution in [-0.4, -0.2) is 60.7 Å². The second-order valence-electron chi connectivity index (χ2n) is 13.7. The molecule has 0 unspecified atom stereocenters. The van der Waals surface area contributed by atoms with Crippen molar-refractivity contribution in [1.29, 1.82) is 0 Å². The first-order valence-electron chi connectivity index (χ1n) is 17.4. The topological polar surface area (TPSA) is 145 Å². The summed E-state index contributed by atoms with van der Waals surface area (Å²) >= 11 is 0. The van der Waals surface area contributed by atoms with Crippen LogP contribution in [0, 0.1) is 0 Å². The van der Waals surface area contributed by atoms with Crippen LogP contribution >= 0.6 is 0 Å². The Morgan fingerprint density at radius 2 is 1.58 bits per heavy atom.